The van der Waals surface area contributed by atoms with Crippen LogP contribution in [0.15, 0.2) is 36.5 Å². The van der Waals surface area contributed by atoms with Crippen molar-refractivity contribution in [3.05, 3.63) is 36.5 Å². The van der Waals surface area contributed by atoms with E-state index < -0.39 is 12.1 Å². The van der Waals surface area contributed by atoms with Gasteiger partial charge in [0.2, 0.25) is 5.91 Å². The van der Waals surface area contributed by atoms with Crippen molar-refractivity contribution < 1.29 is 24.5 Å². The largest absolute Gasteiger partial charge is 0.466 e. The van der Waals surface area contributed by atoms with E-state index in [2.05, 4.69) is 43.5 Å². The first kappa shape index (κ1) is 78.1. The van der Waals surface area contributed by atoms with Crippen LogP contribution < -0.4 is 5.32 Å². The van der Waals surface area contributed by atoms with Gasteiger partial charge in [0.15, 0.2) is 0 Å². The minimum absolute atomic E-state index is 0.0132. The van der Waals surface area contributed by atoms with Crippen LogP contribution in [0.2, 0.25) is 0 Å². The quantitative estimate of drug-likeness (QED) is 0.0320. The van der Waals surface area contributed by atoms with Crippen LogP contribution in [0.1, 0.15) is 399 Å². The van der Waals surface area contributed by atoms with Gasteiger partial charge in [0.05, 0.1) is 25.4 Å². The summed E-state index contributed by atoms with van der Waals surface area (Å²) < 4.78 is 5.48. The van der Waals surface area contributed by atoms with Crippen LogP contribution in [0.4, 0.5) is 0 Å². The molecule has 0 saturated heterocycles. The van der Waals surface area contributed by atoms with Crippen LogP contribution in [-0.4, -0.2) is 47.4 Å². The number of hydrogen-bond donors (Lipinski definition) is 3. The van der Waals surface area contributed by atoms with E-state index in [1.54, 1.807) is 6.08 Å². The maximum absolute atomic E-state index is 12.4. The van der Waals surface area contributed by atoms with Gasteiger partial charge in [-0.25, -0.2) is 0 Å². The number of carbonyl (C=O) groups excluding carboxylic acids is 2. The minimum Gasteiger partial charge on any atom is -0.466 e. The molecule has 2 atom stereocenters. The van der Waals surface area contributed by atoms with Gasteiger partial charge in [-0.05, 0) is 83.5 Å². The zero-order chi connectivity index (χ0) is 57.8. The smallest absolute Gasteiger partial charge is 0.305 e. The third-order valence-corrected chi connectivity index (χ3v) is 16.9. The van der Waals surface area contributed by atoms with Crippen LogP contribution in [0.5, 0.6) is 0 Å². The van der Waals surface area contributed by atoms with Crippen molar-refractivity contribution in [1.82, 2.24) is 5.32 Å². The summed E-state index contributed by atoms with van der Waals surface area (Å²) in [6, 6.07) is -0.623. The molecule has 472 valence electrons. The first-order valence-electron chi connectivity index (χ1n) is 36.3. The zero-order valence-electron chi connectivity index (χ0n) is 54.1. The van der Waals surface area contributed by atoms with Crippen molar-refractivity contribution in [3.8, 4) is 0 Å². The Balaban J connectivity index is 3.31. The van der Waals surface area contributed by atoms with Gasteiger partial charge in [-0.2, -0.15) is 0 Å². The molecule has 0 bridgehead atoms. The standard InChI is InChI=1S/C74H141NO5/c1-3-5-7-9-11-13-15-43-48-52-56-60-64-68-74(79)80-69-65-61-57-53-49-45-42-40-38-36-34-32-30-28-26-24-22-20-18-16-17-19-21-23-25-27-29-31-33-35-37-39-41-44-47-51-55-59-63-67-73(78)75-71(70-76)72(77)66-62-58-54-50-46-14-12-10-8-6-4-2/h13,15-17,62,66,71-72,76-77H,3-12,14,18-61,63-65,67-70H2,1-2H3,(H,75,78)/b15-13-,17-16-,66-62+. The highest BCUT2D eigenvalue weighted by Gasteiger charge is 2.18. The fourth-order valence-corrected chi connectivity index (χ4v) is 11.3. The fourth-order valence-electron chi connectivity index (χ4n) is 11.3. The van der Waals surface area contributed by atoms with Crippen LogP contribution in [0, 0.1) is 0 Å². The second-order valence-corrected chi connectivity index (χ2v) is 24.9. The lowest BCUT2D eigenvalue weighted by molar-refractivity contribution is -0.143. The topological polar surface area (TPSA) is 95.9 Å². The molecular formula is C74H141NO5. The van der Waals surface area contributed by atoms with Crippen molar-refractivity contribution in [2.24, 2.45) is 0 Å². The SMILES string of the molecule is CCCCCC/C=C\CCCCCCCC(=O)OCCCCCCCCCCCCCCCCCCCC/C=C\CCCCCCCCCCCCCCCCCCCC(=O)NC(CO)C(O)/C=C/CCCCCCCCCCC. The van der Waals surface area contributed by atoms with Crippen molar-refractivity contribution in [3.63, 3.8) is 0 Å². The summed E-state index contributed by atoms with van der Waals surface area (Å²) in [5.74, 6) is -0.0502. The van der Waals surface area contributed by atoms with Gasteiger partial charge in [0.25, 0.3) is 0 Å². The van der Waals surface area contributed by atoms with Crippen molar-refractivity contribution in [2.75, 3.05) is 13.2 Å². The average Bonchev–Trinajstić information content (AvgIpc) is 3.46. The van der Waals surface area contributed by atoms with Crippen LogP contribution in [-0.2, 0) is 14.3 Å². The maximum atomic E-state index is 12.4. The number of carbonyl (C=O) groups is 2. The molecule has 0 aromatic rings. The molecule has 0 fully saturated rings. The van der Waals surface area contributed by atoms with Gasteiger partial charge < -0.3 is 20.3 Å². The van der Waals surface area contributed by atoms with Crippen molar-refractivity contribution in [1.29, 1.82) is 0 Å². The monoisotopic (exact) mass is 1120 g/mol. The first-order valence-corrected chi connectivity index (χ1v) is 36.3. The van der Waals surface area contributed by atoms with E-state index in [1.807, 2.05) is 6.08 Å². The lowest BCUT2D eigenvalue weighted by Gasteiger charge is -2.20. The highest BCUT2D eigenvalue weighted by molar-refractivity contribution is 5.76. The molecule has 6 heteroatoms. The Labute approximate surface area is 500 Å². The van der Waals surface area contributed by atoms with Crippen molar-refractivity contribution >= 4 is 11.9 Å². The number of esters is 1. The Morgan fingerprint density at radius 2 is 0.588 bits per heavy atom. The third kappa shape index (κ3) is 65.2. The maximum Gasteiger partial charge on any atom is 0.305 e. The molecule has 0 saturated carbocycles. The lowest BCUT2D eigenvalue weighted by atomic mass is 10.0. The summed E-state index contributed by atoms with van der Waals surface area (Å²) in [6.45, 7) is 4.90. The third-order valence-electron chi connectivity index (χ3n) is 16.9. The molecule has 0 aliphatic heterocycles. The molecule has 80 heavy (non-hydrogen) atoms. The number of unbranched alkanes of at least 4 members (excludes halogenated alkanes) is 53. The number of aliphatic hydroxyl groups is 2. The van der Waals surface area contributed by atoms with E-state index in [0.717, 1.165) is 44.9 Å². The van der Waals surface area contributed by atoms with E-state index in [4.69, 9.17) is 4.74 Å². The summed E-state index contributed by atoms with van der Waals surface area (Å²) in [5.41, 5.74) is 0. The number of amides is 1. The Bertz CT molecular complexity index is 1300. The molecule has 1 amide bonds. The number of allylic oxidation sites excluding steroid dienone is 5. The number of nitrogens with one attached hydrogen (secondary N) is 1. The molecule has 0 aromatic heterocycles. The lowest BCUT2D eigenvalue weighted by Crippen LogP contribution is -2.45. The molecule has 0 aromatic carbocycles. The Morgan fingerprint density at radius 3 is 0.900 bits per heavy atom. The van der Waals surface area contributed by atoms with Gasteiger partial charge in [-0.1, -0.05) is 339 Å². The predicted octanol–water partition coefficient (Wildman–Crippen LogP) is 23.5. The summed E-state index contributed by atoms with van der Waals surface area (Å²) in [6.07, 6.45) is 89.7. The molecule has 6 nitrogen and oxygen atoms in total. The van der Waals surface area contributed by atoms with E-state index >= 15 is 0 Å². The second kappa shape index (κ2) is 69.6. The summed E-state index contributed by atoms with van der Waals surface area (Å²) in [7, 11) is 0. The first-order chi connectivity index (χ1) is 39.5. The Hall–Kier alpha value is -1.92. The highest BCUT2D eigenvalue weighted by Crippen LogP contribution is 2.19. The highest BCUT2D eigenvalue weighted by atomic mass is 16.5. The van der Waals surface area contributed by atoms with E-state index in [-0.39, 0.29) is 18.5 Å². The van der Waals surface area contributed by atoms with Gasteiger partial charge in [0, 0.05) is 12.8 Å². The zero-order valence-corrected chi connectivity index (χ0v) is 54.1. The van der Waals surface area contributed by atoms with Gasteiger partial charge in [-0.3, -0.25) is 9.59 Å². The van der Waals surface area contributed by atoms with Gasteiger partial charge in [-0.15, -0.1) is 0 Å². The van der Waals surface area contributed by atoms with Gasteiger partial charge in [0.1, 0.15) is 0 Å². The molecule has 0 spiro atoms. The number of hydrogen-bond acceptors (Lipinski definition) is 5. The summed E-state index contributed by atoms with van der Waals surface area (Å²) >= 11 is 0. The Kier molecular flexibility index (Phi) is 67.9. The van der Waals surface area contributed by atoms with Crippen LogP contribution in [0.25, 0.3) is 0 Å². The van der Waals surface area contributed by atoms with Crippen LogP contribution in [0.3, 0.4) is 0 Å². The van der Waals surface area contributed by atoms with E-state index in [9.17, 15) is 19.8 Å². The number of aliphatic hydroxyl groups excluding tert-OH is 2. The molecular weight excluding hydrogens is 983 g/mol. The molecule has 2 unspecified atom stereocenters. The fraction of sp³-hybridized carbons (Fsp3) is 0.892. The molecule has 0 aliphatic rings. The average molecular weight is 1120 g/mol. The molecule has 0 radical (unpaired) electrons. The van der Waals surface area contributed by atoms with E-state index in [1.165, 1.54) is 327 Å². The molecule has 0 aliphatic carbocycles. The molecule has 3 N–H and O–H groups in total. The van der Waals surface area contributed by atoms with Crippen molar-refractivity contribution in [2.45, 2.75) is 411 Å². The predicted molar refractivity (Wildman–Crippen MR) is 352 cm³/mol. The second-order valence-electron chi connectivity index (χ2n) is 24.9. The summed E-state index contributed by atoms with van der Waals surface area (Å²) in [5, 5.41) is 23.1. The van der Waals surface area contributed by atoms with Crippen LogP contribution >= 0.6 is 0 Å². The van der Waals surface area contributed by atoms with E-state index in [0.29, 0.717) is 19.4 Å². The summed E-state index contributed by atoms with van der Waals surface area (Å²) in [4.78, 5) is 24.5. The molecule has 0 rings (SSSR count). The molecule has 0 heterocycles. The number of ether oxygens (including phenoxy) is 1. The Morgan fingerprint density at radius 1 is 0.338 bits per heavy atom. The number of rotatable bonds is 68. The normalized spacial score (nSPS) is 12.7. The van der Waals surface area contributed by atoms with Gasteiger partial charge >= 0.3 is 5.97 Å². The minimum atomic E-state index is -0.840.